The molecule has 6 nitrogen and oxygen atoms in total. The molecule has 3 aromatic rings. The summed E-state index contributed by atoms with van der Waals surface area (Å²) >= 11 is 0. The Morgan fingerprint density at radius 2 is 2.00 bits per heavy atom. The summed E-state index contributed by atoms with van der Waals surface area (Å²) in [6.45, 7) is 6.42. The van der Waals surface area contributed by atoms with Gasteiger partial charge in [0, 0.05) is 18.4 Å². The van der Waals surface area contributed by atoms with Gasteiger partial charge in [0.2, 0.25) is 5.91 Å². The molecule has 0 saturated carbocycles. The molecule has 0 aliphatic carbocycles. The van der Waals surface area contributed by atoms with Crippen molar-refractivity contribution in [2.24, 2.45) is 0 Å². The van der Waals surface area contributed by atoms with Gasteiger partial charge in [-0.05, 0) is 30.4 Å². The fraction of sp³-hybridized carbons (Fsp3) is 0.368. The van der Waals surface area contributed by atoms with E-state index in [1.165, 1.54) is 5.56 Å². The lowest BCUT2D eigenvalue weighted by atomic mass is 9.79. The van der Waals surface area contributed by atoms with Gasteiger partial charge in [0.1, 0.15) is 0 Å². The number of carbonyl (C=O) groups excluding carboxylic acids is 1. The van der Waals surface area contributed by atoms with E-state index in [-0.39, 0.29) is 23.8 Å². The second kappa shape index (κ2) is 7.01. The topological polar surface area (TPSA) is 72.2 Å². The van der Waals surface area contributed by atoms with Crippen LogP contribution in [-0.4, -0.2) is 31.5 Å². The summed E-state index contributed by atoms with van der Waals surface area (Å²) in [6, 6.07) is 12.2. The summed E-state index contributed by atoms with van der Waals surface area (Å²) in [4.78, 5) is 20.7. The third-order valence-corrected chi connectivity index (χ3v) is 4.26. The van der Waals surface area contributed by atoms with Gasteiger partial charge in [0.15, 0.2) is 5.82 Å². The third kappa shape index (κ3) is 4.21. The molecule has 25 heavy (non-hydrogen) atoms. The van der Waals surface area contributed by atoms with Crippen molar-refractivity contribution in [3.8, 4) is 0 Å². The van der Waals surface area contributed by atoms with E-state index in [0.29, 0.717) is 11.6 Å². The summed E-state index contributed by atoms with van der Waals surface area (Å²) in [5.41, 5.74) is 1.25. The minimum atomic E-state index is -0.0766. The Balaban J connectivity index is 1.58. The second-order valence-corrected chi connectivity index (χ2v) is 6.99. The van der Waals surface area contributed by atoms with Crippen molar-refractivity contribution in [2.45, 2.75) is 45.1 Å². The predicted molar refractivity (Wildman–Crippen MR) is 96.2 cm³/mol. The number of aromatic nitrogens is 4. The molecule has 130 valence electrons. The third-order valence-electron chi connectivity index (χ3n) is 4.26. The first-order valence-electron chi connectivity index (χ1n) is 8.45. The summed E-state index contributed by atoms with van der Waals surface area (Å²) in [7, 11) is 0. The van der Waals surface area contributed by atoms with Crippen LogP contribution in [0, 0.1) is 0 Å². The zero-order valence-electron chi connectivity index (χ0n) is 14.8. The summed E-state index contributed by atoms with van der Waals surface area (Å²) < 4.78 is 1.57. The van der Waals surface area contributed by atoms with E-state index in [1.807, 2.05) is 25.1 Å². The van der Waals surface area contributed by atoms with E-state index >= 15 is 0 Å². The van der Waals surface area contributed by atoms with Crippen LogP contribution in [0.5, 0.6) is 0 Å². The maximum absolute atomic E-state index is 12.3. The number of nitrogens with zero attached hydrogens (tertiary/aromatic N) is 4. The Morgan fingerprint density at radius 1 is 1.24 bits per heavy atom. The molecule has 0 fully saturated rings. The van der Waals surface area contributed by atoms with Gasteiger partial charge in [-0.1, -0.05) is 44.2 Å². The second-order valence-electron chi connectivity index (χ2n) is 6.99. The Hall–Kier alpha value is -2.76. The quantitative estimate of drug-likeness (QED) is 0.750. The van der Waals surface area contributed by atoms with Gasteiger partial charge < -0.3 is 5.32 Å². The van der Waals surface area contributed by atoms with E-state index in [1.54, 1.807) is 23.0 Å². The number of hydrogen-bond acceptors (Lipinski definition) is 4. The lowest BCUT2D eigenvalue weighted by Gasteiger charge is -2.29. The number of rotatable bonds is 6. The first-order valence-corrected chi connectivity index (χ1v) is 8.45. The van der Waals surface area contributed by atoms with E-state index in [0.717, 1.165) is 6.42 Å². The van der Waals surface area contributed by atoms with Crippen LogP contribution in [0.15, 0.2) is 48.8 Å². The van der Waals surface area contributed by atoms with Crippen molar-refractivity contribution in [3.05, 3.63) is 60.2 Å². The molecule has 0 bridgehead atoms. The molecule has 1 aromatic carbocycles. The van der Waals surface area contributed by atoms with Gasteiger partial charge in [-0.25, -0.2) is 9.50 Å². The van der Waals surface area contributed by atoms with Gasteiger partial charge >= 0.3 is 0 Å². The van der Waals surface area contributed by atoms with Crippen molar-refractivity contribution in [1.82, 2.24) is 24.9 Å². The highest BCUT2D eigenvalue weighted by molar-refractivity contribution is 5.78. The molecule has 1 atom stereocenters. The Kier molecular flexibility index (Phi) is 4.79. The maximum atomic E-state index is 12.3. The molecule has 1 amide bonds. The van der Waals surface area contributed by atoms with E-state index < -0.39 is 0 Å². The van der Waals surface area contributed by atoms with Crippen LogP contribution in [-0.2, 0) is 16.6 Å². The summed E-state index contributed by atoms with van der Waals surface area (Å²) in [6.07, 6.45) is 4.42. The molecule has 0 aliphatic rings. The first kappa shape index (κ1) is 17.1. The first-order chi connectivity index (χ1) is 11.9. The average Bonchev–Trinajstić information content (AvgIpc) is 2.96. The van der Waals surface area contributed by atoms with E-state index in [4.69, 9.17) is 0 Å². The smallest absolute Gasteiger partial charge is 0.252 e. The van der Waals surface area contributed by atoms with Crippen molar-refractivity contribution < 1.29 is 4.79 Å². The number of amides is 1. The molecule has 6 heteroatoms. The van der Waals surface area contributed by atoms with Gasteiger partial charge in [-0.2, -0.15) is 4.98 Å². The zero-order chi connectivity index (χ0) is 17.9. The van der Waals surface area contributed by atoms with Gasteiger partial charge in [0.05, 0.1) is 6.42 Å². The molecule has 2 heterocycles. The van der Waals surface area contributed by atoms with E-state index in [2.05, 4.69) is 46.4 Å². The number of fused-ring (bicyclic) bond motifs is 1. The van der Waals surface area contributed by atoms with Crippen LogP contribution in [0.3, 0.4) is 0 Å². The Morgan fingerprint density at radius 3 is 2.72 bits per heavy atom. The maximum Gasteiger partial charge on any atom is 0.252 e. The minimum absolute atomic E-state index is 0.0147. The molecule has 0 radical (unpaired) electrons. The molecular weight excluding hydrogens is 314 g/mol. The molecular formula is C19H23N5O. The van der Waals surface area contributed by atoms with E-state index in [9.17, 15) is 4.79 Å². The lowest BCUT2D eigenvalue weighted by molar-refractivity contribution is -0.121. The molecule has 3 rings (SSSR count). The van der Waals surface area contributed by atoms with Crippen molar-refractivity contribution in [2.75, 3.05) is 0 Å². The minimum Gasteiger partial charge on any atom is -0.353 e. The monoisotopic (exact) mass is 337 g/mol. The molecule has 0 aliphatic heterocycles. The predicted octanol–water partition coefficient (Wildman–Crippen LogP) is 2.54. The van der Waals surface area contributed by atoms with Crippen molar-refractivity contribution >= 4 is 11.7 Å². The van der Waals surface area contributed by atoms with Crippen LogP contribution in [0.25, 0.3) is 5.78 Å². The van der Waals surface area contributed by atoms with Gasteiger partial charge in [-0.15, -0.1) is 5.10 Å². The lowest BCUT2D eigenvalue weighted by Crippen LogP contribution is -2.38. The molecule has 0 saturated heterocycles. The highest BCUT2D eigenvalue weighted by Gasteiger charge is 2.24. The van der Waals surface area contributed by atoms with Gasteiger partial charge in [0.25, 0.3) is 5.78 Å². The molecule has 2 aromatic heterocycles. The van der Waals surface area contributed by atoms with Crippen molar-refractivity contribution in [3.63, 3.8) is 0 Å². The van der Waals surface area contributed by atoms with Crippen LogP contribution in [0.2, 0.25) is 0 Å². The van der Waals surface area contributed by atoms with Gasteiger partial charge in [-0.3, -0.25) is 4.79 Å². The number of benzene rings is 1. The summed E-state index contributed by atoms with van der Waals surface area (Å²) in [5.74, 6) is 0.904. The fourth-order valence-corrected chi connectivity index (χ4v) is 3.14. The van der Waals surface area contributed by atoms with Crippen LogP contribution in [0.4, 0.5) is 0 Å². The number of hydrogen-bond donors (Lipinski definition) is 1. The molecule has 0 unspecified atom stereocenters. The van der Waals surface area contributed by atoms with Crippen LogP contribution in [0.1, 0.15) is 38.6 Å². The SMILES string of the molecule is C[C@H](CC(C)(C)c1ccccc1)NC(=O)Cc1nc2ncccn2n1. The highest BCUT2D eigenvalue weighted by atomic mass is 16.1. The Labute approximate surface area is 147 Å². The Bertz CT molecular complexity index is 823. The number of carbonyl (C=O) groups is 1. The van der Waals surface area contributed by atoms with Crippen LogP contribution < -0.4 is 5.32 Å². The fourth-order valence-electron chi connectivity index (χ4n) is 3.14. The normalized spacial score (nSPS) is 12.9. The average molecular weight is 337 g/mol. The molecule has 1 N–H and O–H groups in total. The highest BCUT2D eigenvalue weighted by Crippen LogP contribution is 2.28. The van der Waals surface area contributed by atoms with Crippen LogP contribution >= 0.6 is 0 Å². The van der Waals surface area contributed by atoms with Crippen molar-refractivity contribution in [1.29, 1.82) is 0 Å². The number of nitrogens with one attached hydrogen (secondary N) is 1. The largest absolute Gasteiger partial charge is 0.353 e. The molecule has 0 spiro atoms. The standard InChI is InChI=1S/C19H23N5O/c1-14(13-19(2,3)15-8-5-4-6-9-15)21-17(25)12-16-22-18-20-10-7-11-24(18)23-16/h4-11,14H,12-13H2,1-3H3,(H,21,25)/t14-/m1/s1. The zero-order valence-corrected chi connectivity index (χ0v) is 14.8. The summed E-state index contributed by atoms with van der Waals surface area (Å²) in [5, 5.41) is 7.31.